The third-order valence-corrected chi connectivity index (χ3v) is 3.33. The van der Waals surface area contributed by atoms with Crippen molar-refractivity contribution >= 4 is 8.03 Å². The first-order valence-electron chi connectivity index (χ1n) is 5.36. The van der Waals surface area contributed by atoms with Crippen molar-refractivity contribution in [3.63, 3.8) is 0 Å². The fourth-order valence-corrected chi connectivity index (χ4v) is 2.30. The largest absolute Gasteiger partial charge is 0.328 e. The summed E-state index contributed by atoms with van der Waals surface area (Å²) in [6, 6.07) is 16.1. The van der Waals surface area contributed by atoms with E-state index in [-0.39, 0.29) is 32.7 Å². The maximum Gasteiger partial charge on any atom is 0.197 e. The monoisotopic (exact) mass is 335 g/mol. The molecule has 91 valence electrons. The third-order valence-electron chi connectivity index (χ3n) is 2.21. The summed E-state index contributed by atoms with van der Waals surface area (Å²) in [6.07, 6.45) is 2.08. The van der Waals surface area contributed by atoms with Crippen LogP contribution in [0.2, 0.25) is 0 Å². The average molecular weight is 335 g/mol. The van der Waals surface area contributed by atoms with E-state index in [1.165, 1.54) is 0 Å². The van der Waals surface area contributed by atoms with Crippen molar-refractivity contribution in [1.29, 1.82) is 0 Å². The van der Waals surface area contributed by atoms with Crippen LogP contribution in [0, 0.1) is 6.07 Å². The summed E-state index contributed by atoms with van der Waals surface area (Å²) < 4.78 is 17.0. The van der Waals surface area contributed by atoms with Gasteiger partial charge in [0, 0.05) is 44.6 Å². The number of hydrogen-bond donors (Lipinski definition) is 0. The fraction of sp³-hybridized carbons (Fsp3) is 0.154. The zero-order chi connectivity index (χ0) is 11.9. The van der Waals surface area contributed by atoms with Crippen molar-refractivity contribution in [2.45, 2.75) is 12.8 Å². The molecule has 0 aliphatic rings. The van der Waals surface area contributed by atoms with Crippen molar-refractivity contribution < 1.29 is 41.8 Å². The van der Waals surface area contributed by atoms with Gasteiger partial charge in [0.2, 0.25) is 0 Å². The molecule has 1 unspecified atom stereocenters. The second kappa shape index (κ2) is 8.71. The second-order valence-corrected chi connectivity index (χ2v) is 4.93. The first-order valence-corrected chi connectivity index (χ1v) is 6.88. The molecular weight excluding hydrogens is 322 g/mol. The van der Waals surface area contributed by atoms with Gasteiger partial charge in [0.15, 0.2) is 8.03 Å². The first kappa shape index (κ1) is 15.7. The van der Waals surface area contributed by atoms with E-state index < -0.39 is 8.03 Å². The van der Waals surface area contributed by atoms with Gasteiger partial charge in [-0.2, -0.15) is 30.3 Å². The molecule has 1 aromatic carbocycles. The maximum absolute atomic E-state index is 11.7. The fourth-order valence-electron chi connectivity index (χ4n) is 1.38. The summed E-state index contributed by atoms with van der Waals surface area (Å²) in [6.45, 7) is 0.339. The van der Waals surface area contributed by atoms with Gasteiger partial charge in [-0.1, -0.05) is 6.07 Å². The second-order valence-electron chi connectivity index (χ2n) is 3.55. The molecule has 0 saturated heterocycles. The molecule has 0 saturated carbocycles. The van der Waals surface area contributed by atoms with Crippen LogP contribution in [0.4, 0.5) is 0 Å². The number of benzene rings is 1. The maximum atomic E-state index is 11.7. The van der Waals surface area contributed by atoms with Gasteiger partial charge in [-0.15, -0.1) is 5.56 Å². The van der Waals surface area contributed by atoms with E-state index in [2.05, 4.69) is 11.1 Å². The van der Waals surface area contributed by atoms with Crippen molar-refractivity contribution in [1.82, 2.24) is 4.98 Å². The van der Waals surface area contributed by atoms with Crippen LogP contribution in [0.25, 0.3) is 0 Å². The number of rotatable bonds is 5. The number of hydrogen-bond acceptors (Lipinski definition) is 3. The zero-order valence-electron chi connectivity index (χ0n) is 9.87. The molecule has 2 rings (SSSR count). The van der Waals surface area contributed by atoms with Crippen molar-refractivity contribution in [2.24, 2.45) is 0 Å². The number of aromatic nitrogens is 1. The standard InChI is InChI=1S/C13H13NO2P.Y/c15-17(11-13-8-4-5-9-14-13)16-10-12-6-2-1-3-7-12;/h1-6,8-9,17H,10-11H2;/q-1;. The van der Waals surface area contributed by atoms with E-state index >= 15 is 0 Å². The van der Waals surface area contributed by atoms with Gasteiger partial charge in [0.05, 0.1) is 12.8 Å². The molecule has 0 fully saturated rings. The molecule has 1 heterocycles. The van der Waals surface area contributed by atoms with Crippen molar-refractivity contribution in [2.75, 3.05) is 0 Å². The summed E-state index contributed by atoms with van der Waals surface area (Å²) in [5.74, 6) is 0. The Morgan fingerprint density at radius 2 is 2.06 bits per heavy atom. The Labute approximate surface area is 133 Å². The number of pyridine rings is 1. The smallest absolute Gasteiger partial charge is 0.197 e. The van der Waals surface area contributed by atoms with Crippen molar-refractivity contribution in [3.8, 4) is 0 Å². The predicted molar refractivity (Wildman–Crippen MR) is 67.0 cm³/mol. The van der Waals surface area contributed by atoms with Crippen LogP contribution in [0.1, 0.15) is 11.3 Å². The molecular formula is C13H13NO2PY-. The average Bonchev–Trinajstić information content (AvgIpc) is 2.39. The first-order chi connectivity index (χ1) is 8.34. The van der Waals surface area contributed by atoms with E-state index in [0.29, 0.717) is 12.8 Å². The van der Waals surface area contributed by atoms with Gasteiger partial charge >= 0.3 is 0 Å². The minimum Gasteiger partial charge on any atom is -0.328 e. The molecule has 18 heavy (non-hydrogen) atoms. The quantitative estimate of drug-likeness (QED) is 0.623. The molecule has 0 spiro atoms. The van der Waals surface area contributed by atoms with Gasteiger partial charge < -0.3 is 4.52 Å². The van der Waals surface area contributed by atoms with E-state index in [1.807, 2.05) is 42.5 Å². The molecule has 2 aromatic rings. The molecule has 0 bridgehead atoms. The van der Waals surface area contributed by atoms with Crippen LogP contribution < -0.4 is 0 Å². The Kier molecular flexibility index (Phi) is 7.61. The topological polar surface area (TPSA) is 39.2 Å². The molecule has 0 aliphatic carbocycles. The Morgan fingerprint density at radius 3 is 2.72 bits per heavy atom. The van der Waals surface area contributed by atoms with Crippen LogP contribution >= 0.6 is 8.03 Å². The minimum atomic E-state index is -2.07. The summed E-state index contributed by atoms with van der Waals surface area (Å²) >= 11 is 0. The molecule has 0 N–H and O–H groups in total. The Hall–Kier alpha value is -0.336. The van der Waals surface area contributed by atoms with E-state index in [0.717, 1.165) is 11.3 Å². The van der Waals surface area contributed by atoms with E-state index in [4.69, 9.17) is 4.52 Å². The molecule has 1 atom stereocenters. The summed E-state index contributed by atoms with van der Waals surface area (Å²) in [5, 5.41) is 0. The van der Waals surface area contributed by atoms with Gasteiger partial charge in [0.25, 0.3) is 0 Å². The Bertz CT molecular complexity index is 479. The molecule has 3 nitrogen and oxygen atoms in total. The summed E-state index contributed by atoms with van der Waals surface area (Å²) in [7, 11) is -2.07. The van der Waals surface area contributed by atoms with E-state index in [9.17, 15) is 4.57 Å². The van der Waals surface area contributed by atoms with Crippen LogP contribution in [0.3, 0.4) is 0 Å². The van der Waals surface area contributed by atoms with Gasteiger partial charge in [-0.3, -0.25) is 9.55 Å². The molecule has 1 aromatic heterocycles. The van der Waals surface area contributed by atoms with Crippen LogP contribution in [0.15, 0.2) is 48.7 Å². The SMILES string of the molecule is O=[PH](Cc1ccccn1)OCc1[c-]cccc1.[Y]. The van der Waals surface area contributed by atoms with Crippen molar-refractivity contribution in [3.05, 3.63) is 66.0 Å². The van der Waals surface area contributed by atoms with E-state index in [1.54, 1.807) is 6.20 Å². The van der Waals surface area contributed by atoms with Gasteiger partial charge in [-0.25, -0.2) is 0 Å². The molecule has 0 amide bonds. The molecule has 5 heteroatoms. The summed E-state index contributed by atoms with van der Waals surface area (Å²) in [5.41, 5.74) is 1.71. The van der Waals surface area contributed by atoms with Gasteiger partial charge in [-0.05, 0) is 12.1 Å². The Balaban J connectivity index is 0.00000162. The zero-order valence-corrected chi connectivity index (χ0v) is 13.7. The summed E-state index contributed by atoms with van der Waals surface area (Å²) in [4.78, 5) is 4.11. The number of nitrogens with zero attached hydrogens (tertiary/aromatic N) is 1. The van der Waals surface area contributed by atoms with Crippen LogP contribution in [-0.4, -0.2) is 4.98 Å². The minimum absolute atomic E-state index is 0. The Morgan fingerprint density at radius 1 is 1.22 bits per heavy atom. The third kappa shape index (κ3) is 5.54. The van der Waals surface area contributed by atoms with Gasteiger partial charge in [0.1, 0.15) is 0 Å². The normalized spacial score (nSPS) is 11.6. The van der Waals surface area contributed by atoms with Crippen LogP contribution in [0.5, 0.6) is 0 Å². The molecule has 1 radical (unpaired) electrons. The predicted octanol–water partition coefficient (Wildman–Crippen LogP) is 3.07. The molecule has 0 aliphatic heterocycles. The van der Waals surface area contributed by atoms with Crippen LogP contribution in [-0.2, 0) is 54.6 Å².